The van der Waals surface area contributed by atoms with Gasteiger partial charge in [-0.25, -0.2) is 9.78 Å². The Morgan fingerprint density at radius 3 is 2.53 bits per heavy atom. The molecule has 0 bridgehead atoms. The number of alkyl halides is 3. The van der Waals surface area contributed by atoms with Crippen LogP contribution in [-0.4, -0.2) is 46.0 Å². The van der Waals surface area contributed by atoms with Crippen molar-refractivity contribution in [3.8, 4) is 11.3 Å². The minimum Gasteiger partial charge on any atom is -0.462 e. The number of hydrogen-bond donors (Lipinski definition) is 1. The van der Waals surface area contributed by atoms with Gasteiger partial charge in [0.15, 0.2) is 0 Å². The molecule has 1 atom stereocenters. The third-order valence-electron chi connectivity index (χ3n) is 4.92. The lowest BCUT2D eigenvalue weighted by Crippen LogP contribution is -2.50. The molecular weight excluding hydrogens is 427 g/mol. The fraction of sp³-hybridized carbons (Fsp3) is 0.364. The molecule has 10 heteroatoms. The van der Waals surface area contributed by atoms with Crippen LogP contribution in [0, 0.1) is 5.92 Å². The molecule has 2 heterocycles. The van der Waals surface area contributed by atoms with E-state index < -0.39 is 35.8 Å². The van der Waals surface area contributed by atoms with Crippen molar-refractivity contribution in [2.75, 3.05) is 6.61 Å². The van der Waals surface area contributed by atoms with Gasteiger partial charge in [0.25, 0.3) is 5.78 Å². The Balaban J connectivity index is 1.86. The molecule has 1 amide bonds. The Morgan fingerprint density at radius 1 is 1.19 bits per heavy atom. The molecule has 1 unspecified atom stereocenters. The number of esters is 1. The summed E-state index contributed by atoms with van der Waals surface area (Å²) in [6, 6.07) is 5.16. The fourth-order valence-electron chi connectivity index (χ4n) is 3.41. The van der Waals surface area contributed by atoms with Crippen LogP contribution in [0.4, 0.5) is 13.2 Å². The molecule has 0 aliphatic carbocycles. The standard InChI is InChI=1S/C22H22F3N3O4/c1-4-32-21(31)15-7-5-6-14-13-8-9-28(10-16(13)26-19(14)15)11-17(29)27-18(12(2)3)20(30)22(23,24)25/h5-10,12,18H,4,11H2,1-3H3,(H,27,29). The van der Waals surface area contributed by atoms with E-state index in [1.165, 1.54) is 18.4 Å². The van der Waals surface area contributed by atoms with Crippen molar-refractivity contribution in [3.05, 3.63) is 42.2 Å². The molecule has 170 valence electrons. The maximum Gasteiger partial charge on any atom is 0.452 e. The van der Waals surface area contributed by atoms with Crippen molar-refractivity contribution in [1.29, 1.82) is 0 Å². The molecular formula is C22H22F3N3O4. The van der Waals surface area contributed by atoms with Crippen LogP contribution < -0.4 is 5.32 Å². The van der Waals surface area contributed by atoms with Gasteiger partial charge in [0.1, 0.15) is 6.54 Å². The maximum absolute atomic E-state index is 12.8. The maximum atomic E-state index is 12.8. The van der Waals surface area contributed by atoms with Crippen molar-refractivity contribution in [1.82, 2.24) is 14.9 Å². The van der Waals surface area contributed by atoms with Crippen LogP contribution >= 0.6 is 0 Å². The topological polar surface area (TPSA) is 90.3 Å². The van der Waals surface area contributed by atoms with Crippen LogP contribution in [0.25, 0.3) is 22.2 Å². The number of carbonyl (C=O) groups is 3. The third kappa shape index (κ3) is 4.74. The summed E-state index contributed by atoms with van der Waals surface area (Å²) >= 11 is 0. The highest BCUT2D eigenvalue weighted by Crippen LogP contribution is 2.32. The third-order valence-corrected chi connectivity index (χ3v) is 4.92. The number of nitrogens with zero attached hydrogens (tertiary/aromatic N) is 2. The predicted molar refractivity (Wildman–Crippen MR) is 110 cm³/mol. The summed E-state index contributed by atoms with van der Waals surface area (Å²) in [5.41, 5.74) is 2.02. The Hall–Kier alpha value is -3.43. The first-order chi connectivity index (χ1) is 15.0. The number of aromatic nitrogens is 2. The highest BCUT2D eigenvalue weighted by Gasteiger charge is 2.44. The monoisotopic (exact) mass is 449 g/mol. The van der Waals surface area contributed by atoms with Gasteiger partial charge < -0.3 is 14.6 Å². The van der Waals surface area contributed by atoms with Crippen molar-refractivity contribution in [3.63, 3.8) is 0 Å². The number of pyridine rings is 1. The van der Waals surface area contributed by atoms with E-state index in [-0.39, 0.29) is 13.2 Å². The van der Waals surface area contributed by atoms with E-state index in [1.54, 1.807) is 43.6 Å². The summed E-state index contributed by atoms with van der Waals surface area (Å²) in [6.45, 7) is 4.47. The Morgan fingerprint density at radius 2 is 1.91 bits per heavy atom. The first-order valence-electron chi connectivity index (χ1n) is 9.98. The number of Topliss-reactive ketones (excluding diaryl/α,β-unsaturated/α-hetero) is 1. The second kappa shape index (κ2) is 8.97. The number of ether oxygens (including phenoxy) is 1. The van der Waals surface area contributed by atoms with Crippen LogP contribution in [0.15, 0.2) is 36.7 Å². The van der Waals surface area contributed by atoms with Crippen LogP contribution in [0.2, 0.25) is 0 Å². The number of benzene rings is 1. The van der Waals surface area contributed by atoms with Gasteiger partial charge in [-0.1, -0.05) is 26.0 Å². The number of rotatable bonds is 7. The molecule has 7 nitrogen and oxygen atoms in total. The van der Waals surface area contributed by atoms with Crippen molar-refractivity contribution in [2.45, 2.75) is 39.5 Å². The van der Waals surface area contributed by atoms with Crippen molar-refractivity contribution >= 4 is 28.6 Å². The van der Waals surface area contributed by atoms with Crippen molar-refractivity contribution in [2.24, 2.45) is 5.92 Å². The molecule has 0 saturated carbocycles. The number of halogens is 3. The molecule has 2 aliphatic heterocycles. The molecule has 0 spiro atoms. The first kappa shape index (κ1) is 23.2. The van der Waals surface area contributed by atoms with Gasteiger partial charge in [0.05, 0.1) is 29.4 Å². The Kier molecular flexibility index (Phi) is 6.52. The van der Waals surface area contributed by atoms with Gasteiger partial charge in [0.2, 0.25) is 5.91 Å². The fourth-order valence-corrected chi connectivity index (χ4v) is 3.41. The van der Waals surface area contributed by atoms with Gasteiger partial charge in [-0.15, -0.1) is 0 Å². The molecule has 32 heavy (non-hydrogen) atoms. The zero-order valence-corrected chi connectivity index (χ0v) is 17.7. The van der Waals surface area contributed by atoms with E-state index in [9.17, 15) is 27.6 Å². The number of nitrogens with one attached hydrogen (secondary N) is 1. The highest BCUT2D eigenvalue weighted by molar-refractivity contribution is 6.08. The number of carbonyl (C=O) groups excluding carboxylic acids is 3. The summed E-state index contributed by atoms with van der Waals surface area (Å²) in [6.07, 6.45) is -1.90. The Bertz CT molecular complexity index is 1140. The number of para-hydroxylation sites is 1. The number of hydrogen-bond acceptors (Lipinski definition) is 5. The van der Waals surface area contributed by atoms with E-state index >= 15 is 0 Å². The first-order valence-corrected chi connectivity index (χ1v) is 9.98. The summed E-state index contributed by atoms with van der Waals surface area (Å²) < 4.78 is 44.9. The van der Waals surface area contributed by atoms with Gasteiger partial charge in [-0.2, -0.15) is 13.2 Å². The zero-order valence-electron chi connectivity index (χ0n) is 17.7. The minimum absolute atomic E-state index is 0.221. The lowest BCUT2D eigenvalue weighted by atomic mass is 9.99. The smallest absolute Gasteiger partial charge is 0.452 e. The zero-order chi connectivity index (χ0) is 23.6. The van der Waals surface area contributed by atoms with Gasteiger partial charge in [-0.05, 0) is 25.0 Å². The average Bonchev–Trinajstić information content (AvgIpc) is 3.08. The lowest BCUT2D eigenvalue weighted by Gasteiger charge is -2.22. The van der Waals surface area contributed by atoms with E-state index in [1.807, 2.05) is 0 Å². The number of ketones is 1. The minimum atomic E-state index is -5.04. The van der Waals surface area contributed by atoms with Crippen LogP contribution in [-0.2, 0) is 20.9 Å². The molecule has 0 aromatic heterocycles. The summed E-state index contributed by atoms with van der Waals surface area (Å²) in [4.78, 5) is 40.6. The van der Waals surface area contributed by atoms with E-state index in [0.717, 1.165) is 10.9 Å². The molecule has 1 aromatic carbocycles. The molecule has 1 N–H and O–H groups in total. The molecule has 0 fully saturated rings. The largest absolute Gasteiger partial charge is 0.462 e. The van der Waals surface area contributed by atoms with Crippen molar-refractivity contribution < 1.29 is 32.3 Å². The normalized spacial score (nSPS) is 12.8. The average molecular weight is 449 g/mol. The molecule has 2 aliphatic rings. The number of amides is 1. The van der Waals surface area contributed by atoms with E-state index in [2.05, 4.69) is 10.3 Å². The van der Waals surface area contributed by atoms with Gasteiger partial charge >= 0.3 is 12.1 Å². The summed E-state index contributed by atoms with van der Waals surface area (Å²) in [5.74, 6) is -3.96. The molecule has 0 saturated heterocycles. The lowest BCUT2D eigenvalue weighted by molar-refractivity contribution is -0.174. The predicted octanol–water partition coefficient (Wildman–Crippen LogP) is 3.59. The summed E-state index contributed by atoms with van der Waals surface area (Å²) in [5, 5.41) is 2.91. The highest BCUT2D eigenvalue weighted by atomic mass is 19.4. The van der Waals surface area contributed by atoms with E-state index in [4.69, 9.17) is 4.74 Å². The van der Waals surface area contributed by atoms with E-state index in [0.29, 0.717) is 16.8 Å². The van der Waals surface area contributed by atoms with Crippen LogP contribution in [0.3, 0.4) is 0 Å². The Labute approximate surface area is 181 Å². The summed E-state index contributed by atoms with van der Waals surface area (Å²) in [7, 11) is 0. The SMILES string of the molecule is CCOC(=O)c1cccc2c3ccn(CC(=O)NC(C(=O)C(F)(F)F)C(C)C)cc-3nc12. The van der Waals surface area contributed by atoms with Crippen LogP contribution in [0.5, 0.6) is 0 Å². The van der Waals surface area contributed by atoms with Gasteiger partial charge in [-0.3, -0.25) is 9.59 Å². The second-order valence-electron chi connectivity index (χ2n) is 7.60. The molecule has 3 rings (SSSR count). The quantitative estimate of drug-likeness (QED) is 0.557. The number of fused-ring (bicyclic) bond motifs is 3. The second-order valence-corrected chi connectivity index (χ2v) is 7.60. The van der Waals surface area contributed by atoms with Gasteiger partial charge in [0, 0.05) is 23.3 Å². The van der Waals surface area contributed by atoms with Crippen LogP contribution in [0.1, 0.15) is 31.1 Å². The molecule has 0 radical (unpaired) electrons. The molecule has 1 aromatic rings.